The lowest BCUT2D eigenvalue weighted by molar-refractivity contribution is 0.128. The fourth-order valence-corrected chi connectivity index (χ4v) is 1.26. The summed E-state index contributed by atoms with van der Waals surface area (Å²) in [6.45, 7) is 5.17. The summed E-state index contributed by atoms with van der Waals surface area (Å²) in [4.78, 5) is 0. The van der Waals surface area contributed by atoms with Gasteiger partial charge in [-0.3, -0.25) is 0 Å². The molecule has 0 aromatic rings. The van der Waals surface area contributed by atoms with E-state index >= 15 is 0 Å². The molecule has 0 rings (SSSR count). The average Bonchev–Trinajstić information content (AvgIpc) is 2.16. The molecule has 0 aliphatic carbocycles. The zero-order chi connectivity index (χ0) is 9.78. The van der Waals surface area contributed by atoms with E-state index in [4.69, 9.17) is 4.74 Å². The predicted molar refractivity (Wildman–Crippen MR) is 58.1 cm³/mol. The minimum atomic E-state index is 0.911. The Morgan fingerprint density at radius 2 is 1.62 bits per heavy atom. The SMILES string of the molecule is CCCCCCCOCCCNC. The van der Waals surface area contributed by atoms with Gasteiger partial charge in [0.1, 0.15) is 0 Å². The van der Waals surface area contributed by atoms with Crippen molar-refractivity contribution in [3.63, 3.8) is 0 Å². The van der Waals surface area contributed by atoms with Crippen molar-refractivity contribution in [2.45, 2.75) is 45.4 Å². The lowest BCUT2D eigenvalue weighted by Crippen LogP contribution is -2.10. The van der Waals surface area contributed by atoms with Crippen LogP contribution < -0.4 is 5.32 Å². The highest BCUT2D eigenvalue weighted by atomic mass is 16.5. The Balaban J connectivity index is 2.76. The minimum absolute atomic E-state index is 0.911. The average molecular weight is 187 g/mol. The molecule has 0 amide bonds. The van der Waals surface area contributed by atoms with Crippen molar-refractivity contribution in [3.05, 3.63) is 0 Å². The van der Waals surface area contributed by atoms with Gasteiger partial charge >= 0.3 is 0 Å². The van der Waals surface area contributed by atoms with Crippen LogP contribution in [0.2, 0.25) is 0 Å². The maximum Gasteiger partial charge on any atom is 0.0478 e. The topological polar surface area (TPSA) is 21.3 Å². The molecule has 0 aromatic carbocycles. The first kappa shape index (κ1) is 12.9. The van der Waals surface area contributed by atoms with Crippen molar-refractivity contribution in [2.75, 3.05) is 26.8 Å². The predicted octanol–water partition coefficient (Wildman–Crippen LogP) is 2.58. The molecule has 0 aromatic heterocycles. The molecular formula is C11H25NO. The smallest absolute Gasteiger partial charge is 0.0478 e. The molecule has 0 fully saturated rings. The highest BCUT2D eigenvalue weighted by Gasteiger charge is 1.90. The van der Waals surface area contributed by atoms with E-state index in [1.165, 1.54) is 32.1 Å². The third kappa shape index (κ3) is 11.9. The van der Waals surface area contributed by atoms with Crippen LogP contribution in [0.25, 0.3) is 0 Å². The lowest BCUT2D eigenvalue weighted by Gasteiger charge is -2.03. The van der Waals surface area contributed by atoms with E-state index in [0.29, 0.717) is 0 Å². The van der Waals surface area contributed by atoms with Gasteiger partial charge in [-0.25, -0.2) is 0 Å². The summed E-state index contributed by atoms with van der Waals surface area (Å²) < 4.78 is 5.48. The number of unbranched alkanes of at least 4 members (excludes halogenated alkanes) is 4. The molecular weight excluding hydrogens is 162 g/mol. The molecule has 0 aliphatic rings. The second-order valence-electron chi connectivity index (χ2n) is 3.48. The van der Waals surface area contributed by atoms with Gasteiger partial charge in [-0.15, -0.1) is 0 Å². The van der Waals surface area contributed by atoms with E-state index in [-0.39, 0.29) is 0 Å². The van der Waals surface area contributed by atoms with Gasteiger partial charge in [-0.05, 0) is 26.4 Å². The normalized spacial score (nSPS) is 10.6. The second-order valence-corrected chi connectivity index (χ2v) is 3.48. The third-order valence-electron chi connectivity index (χ3n) is 2.11. The zero-order valence-electron chi connectivity index (χ0n) is 9.27. The van der Waals surface area contributed by atoms with Gasteiger partial charge in [0, 0.05) is 13.2 Å². The van der Waals surface area contributed by atoms with Gasteiger partial charge < -0.3 is 10.1 Å². The Kier molecular flexibility index (Phi) is 11.8. The van der Waals surface area contributed by atoms with Gasteiger partial charge in [-0.2, -0.15) is 0 Å². The molecule has 1 N–H and O–H groups in total. The zero-order valence-corrected chi connectivity index (χ0v) is 9.27. The quantitative estimate of drug-likeness (QED) is 0.531. The Bertz CT molecular complexity index is 76.2. The Hall–Kier alpha value is -0.0800. The van der Waals surface area contributed by atoms with E-state index in [0.717, 1.165) is 26.2 Å². The molecule has 2 nitrogen and oxygen atoms in total. The number of hydrogen-bond acceptors (Lipinski definition) is 2. The fraction of sp³-hybridized carbons (Fsp3) is 1.00. The molecule has 13 heavy (non-hydrogen) atoms. The summed E-state index contributed by atoms with van der Waals surface area (Å²) in [6.07, 6.45) is 7.77. The van der Waals surface area contributed by atoms with Gasteiger partial charge in [0.05, 0.1) is 0 Å². The largest absolute Gasteiger partial charge is 0.381 e. The molecule has 0 aliphatic heterocycles. The monoisotopic (exact) mass is 187 g/mol. The summed E-state index contributed by atoms with van der Waals surface area (Å²) >= 11 is 0. The molecule has 0 atom stereocenters. The summed E-state index contributed by atoms with van der Waals surface area (Å²) in [6, 6.07) is 0. The van der Waals surface area contributed by atoms with Gasteiger partial charge in [0.15, 0.2) is 0 Å². The fourth-order valence-electron chi connectivity index (χ4n) is 1.26. The summed E-state index contributed by atoms with van der Waals surface area (Å²) in [5, 5.41) is 3.11. The Morgan fingerprint density at radius 3 is 2.31 bits per heavy atom. The van der Waals surface area contributed by atoms with Crippen molar-refractivity contribution in [3.8, 4) is 0 Å². The minimum Gasteiger partial charge on any atom is -0.381 e. The molecule has 0 saturated carbocycles. The second kappa shape index (κ2) is 11.9. The summed E-state index contributed by atoms with van der Waals surface area (Å²) in [5.74, 6) is 0. The van der Waals surface area contributed by atoms with Crippen LogP contribution in [0.4, 0.5) is 0 Å². The number of ether oxygens (including phenoxy) is 1. The molecule has 2 heteroatoms. The summed E-state index contributed by atoms with van der Waals surface area (Å²) in [7, 11) is 1.98. The van der Waals surface area contributed by atoms with E-state index in [1.54, 1.807) is 0 Å². The lowest BCUT2D eigenvalue weighted by atomic mass is 10.2. The standard InChI is InChI=1S/C11H25NO/c1-3-4-5-6-7-10-13-11-8-9-12-2/h12H,3-11H2,1-2H3. The van der Waals surface area contributed by atoms with Crippen molar-refractivity contribution in [1.29, 1.82) is 0 Å². The van der Waals surface area contributed by atoms with Crippen LogP contribution in [0.1, 0.15) is 45.4 Å². The van der Waals surface area contributed by atoms with Crippen LogP contribution in [-0.2, 0) is 4.74 Å². The molecule has 0 heterocycles. The van der Waals surface area contributed by atoms with E-state index in [2.05, 4.69) is 12.2 Å². The van der Waals surface area contributed by atoms with E-state index in [1.807, 2.05) is 7.05 Å². The Labute approximate surface area is 83.1 Å². The van der Waals surface area contributed by atoms with Crippen LogP contribution in [-0.4, -0.2) is 26.8 Å². The van der Waals surface area contributed by atoms with Gasteiger partial charge in [0.2, 0.25) is 0 Å². The van der Waals surface area contributed by atoms with Crippen LogP contribution in [0, 0.1) is 0 Å². The van der Waals surface area contributed by atoms with Gasteiger partial charge in [0.25, 0.3) is 0 Å². The number of nitrogens with one attached hydrogen (secondary N) is 1. The van der Waals surface area contributed by atoms with Crippen molar-refractivity contribution in [2.24, 2.45) is 0 Å². The molecule has 0 saturated heterocycles. The van der Waals surface area contributed by atoms with Crippen molar-refractivity contribution >= 4 is 0 Å². The molecule has 0 bridgehead atoms. The maximum atomic E-state index is 5.48. The first-order valence-electron chi connectivity index (χ1n) is 5.64. The van der Waals surface area contributed by atoms with Crippen LogP contribution >= 0.6 is 0 Å². The third-order valence-corrected chi connectivity index (χ3v) is 2.11. The highest BCUT2D eigenvalue weighted by molar-refractivity contribution is 4.43. The number of rotatable bonds is 10. The maximum absolute atomic E-state index is 5.48. The van der Waals surface area contributed by atoms with E-state index < -0.39 is 0 Å². The molecule has 0 spiro atoms. The first-order valence-corrected chi connectivity index (χ1v) is 5.64. The van der Waals surface area contributed by atoms with Crippen LogP contribution in [0.15, 0.2) is 0 Å². The van der Waals surface area contributed by atoms with Crippen LogP contribution in [0.5, 0.6) is 0 Å². The Morgan fingerprint density at radius 1 is 0.923 bits per heavy atom. The number of hydrogen-bond donors (Lipinski definition) is 1. The van der Waals surface area contributed by atoms with Crippen LogP contribution in [0.3, 0.4) is 0 Å². The molecule has 80 valence electrons. The van der Waals surface area contributed by atoms with Crippen molar-refractivity contribution in [1.82, 2.24) is 5.32 Å². The highest BCUT2D eigenvalue weighted by Crippen LogP contribution is 2.02. The van der Waals surface area contributed by atoms with Gasteiger partial charge in [-0.1, -0.05) is 32.6 Å². The van der Waals surface area contributed by atoms with Crippen molar-refractivity contribution < 1.29 is 4.74 Å². The molecule has 0 radical (unpaired) electrons. The molecule has 0 unspecified atom stereocenters. The van der Waals surface area contributed by atoms with E-state index in [9.17, 15) is 0 Å². The first-order chi connectivity index (χ1) is 6.41. The summed E-state index contributed by atoms with van der Waals surface area (Å²) in [5.41, 5.74) is 0.